The Bertz CT molecular complexity index is 804. The molecule has 0 aromatic heterocycles. The lowest BCUT2D eigenvalue weighted by atomic mass is 9.87. The lowest BCUT2D eigenvalue weighted by molar-refractivity contribution is -0.145. The number of rotatable bonds is 6. The standard InChI is InChI=1S/C22H25NO4/c1-15(20(25)16-8-6-5-7-9-16)27-19(24)14-23-21(26)17-10-12-18(13-11-17)22(2,3)4/h5-13,15H,14H2,1-4H3,(H,23,26)/t15-/m0/s1. The minimum atomic E-state index is -0.914. The molecule has 27 heavy (non-hydrogen) atoms. The summed E-state index contributed by atoms with van der Waals surface area (Å²) in [5.74, 6) is -1.31. The molecule has 5 heteroatoms. The first-order valence-corrected chi connectivity index (χ1v) is 8.86. The van der Waals surface area contributed by atoms with Crippen LogP contribution in [-0.4, -0.2) is 30.3 Å². The maximum absolute atomic E-state index is 12.2. The molecule has 0 aliphatic rings. The smallest absolute Gasteiger partial charge is 0.326 e. The summed E-state index contributed by atoms with van der Waals surface area (Å²) in [6.07, 6.45) is -0.914. The summed E-state index contributed by atoms with van der Waals surface area (Å²) in [5.41, 5.74) is 2.05. The molecule has 2 aromatic rings. The Morgan fingerprint density at radius 2 is 1.52 bits per heavy atom. The molecule has 0 aliphatic heterocycles. The van der Waals surface area contributed by atoms with Crippen molar-refractivity contribution in [3.63, 3.8) is 0 Å². The van der Waals surface area contributed by atoms with Crippen LogP contribution in [0.1, 0.15) is 54.0 Å². The quantitative estimate of drug-likeness (QED) is 0.626. The van der Waals surface area contributed by atoms with E-state index in [0.717, 1.165) is 5.56 Å². The number of carbonyl (C=O) groups excluding carboxylic acids is 3. The number of hydrogen-bond donors (Lipinski definition) is 1. The third-order valence-electron chi connectivity index (χ3n) is 4.14. The average molecular weight is 367 g/mol. The van der Waals surface area contributed by atoms with Crippen LogP contribution in [0.25, 0.3) is 0 Å². The van der Waals surface area contributed by atoms with Crippen LogP contribution < -0.4 is 5.32 Å². The van der Waals surface area contributed by atoms with Crippen molar-refractivity contribution < 1.29 is 19.1 Å². The Labute approximate surface area is 159 Å². The maximum atomic E-state index is 12.2. The summed E-state index contributed by atoms with van der Waals surface area (Å²) < 4.78 is 5.11. The molecule has 2 aromatic carbocycles. The van der Waals surface area contributed by atoms with Gasteiger partial charge in [-0.2, -0.15) is 0 Å². The van der Waals surface area contributed by atoms with Gasteiger partial charge < -0.3 is 10.1 Å². The number of benzene rings is 2. The third-order valence-corrected chi connectivity index (χ3v) is 4.14. The van der Waals surface area contributed by atoms with Gasteiger partial charge in [0.25, 0.3) is 5.91 Å². The van der Waals surface area contributed by atoms with E-state index in [-0.39, 0.29) is 23.7 Å². The fourth-order valence-corrected chi connectivity index (χ4v) is 2.51. The zero-order valence-electron chi connectivity index (χ0n) is 16.1. The van der Waals surface area contributed by atoms with Gasteiger partial charge >= 0.3 is 5.97 Å². The molecule has 0 spiro atoms. The lowest BCUT2D eigenvalue weighted by Gasteiger charge is -2.19. The second-order valence-electron chi connectivity index (χ2n) is 7.37. The molecule has 0 bridgehead atoms. The molecule has 2 rings (SSSR count). The van der Waals surface area contributed by atoms with Crippen molar-refractivity contribution in [1.82, 2.24) is 5.32 Å². The van der Waals surface area contributed by atoms with E-state index < -0.39 is 12.1 Å². The average Bonchev–Trinajstić information content (AvgIpc) is 2.65. The number of Topliss-reactive ketones (excluding diaryl/α,β-unsaturated/α-hetero) is 1. The maximum Gasteiger partial charge on any atom is 0.326 e. The van der Waals surface area contributed by atoms with Gasteiger partial charge in [-0.1, -0.05) is 63.2 Å². The number of hydrogen-bond acceptors (Lipinski definition) is 4. The van der Waals surface area contributed by atoms with Crippen LogP contribution in [-0.2, 0) is 14.9 Å². The van der Waals surface area contributed by atoms with E-state index in [9.17, 15) is 14.4 Å². The first-order valence-electron chi connectivity index (χ1n) is 8.86. The van der Waals surface area contributed by atoms with E-state index in [4.69, 9.17) is 4.74 Å². The van der Waals surface area contributed by atoms with E-state index >= 15 is 0 Å². The van der Waals surface area contributed by atoms with Crippen LogP contribution in [0, 0.1) is 0 Å². The zero-order chi connectivity index (χ0) is 20.0. The molecule has 0 fully saturated rings. The fraction of sp³-hybridized carbons (Fsp3) is 0.318. The van der Waals surface area contributed by atoms with E-state index in [1.165, 1.54) is 6.92 Å². The van der Waals surface area contributed by atoms with Crippen molar-refractivity contribution in [2.75, 3.05) is 6.54 Å². The SMILES string of the molecule is C[C@H](OC(=O)CNC(=O)c1ccc(C(C)(C)C)cc1)C(=O)c1ccccc1. The highest BCUT2D eigenvalue weighted by atomic mass is 16.5. The molecule has 0 aliphatic carbocycles. The van der Waals surface area contributed by atoms with E-state index in [0.29, 0.717) is 11.1 Å². The zero-order valence-corrected chi connectivity index (χ0v) is 16.1. The largest absolute Gasteiger partial charge is 0.453 e. The Hall–Kier alpha value is -2.95. The number of nitrogens with one attached hydrogen (secondary N) is 1. The van der Waals surface area contributed by atoms with Crippen LogP contribution in [0.4, 0.5) is 0 Å². The molecule has 0 heterocycles. The Kier molecular flexibility index (Phi) is 6.50. The molecule has 0 saturated carbocycles. The van der Waals surface area contributed by atoms with Crippen LogP contribution in [0.15, 0.2) is 54.6 Å². The number of ether oxygens (including phenoxy) is 1. The molecule has 1 N–H and O–H groups in total. The summed E-state index contributed by atoms with van der Waals surface area (Å²) in [5, 5.41) is 2.52. The van der Waals surface area contributed by atoms with Crippen molar-refractivity contribution in [2.24, 2.45) is 0 Å². The number of ketones is 1. The van der Waals surface area contributed by atoms with Crippen molar-refractivity contribution in [1.29, 1.82) is 0 Å². The molecular formula is C22H25NO4. The van der Waals surface area contributed by atoms with Gasteiger partial charge in [-0.05, 0) is 30.0 Å². The van der Waals surface area contributed by atoms with Gasteiger partial charge in [0.05, 0.1) is 0 Å². The van der Waals surface area contributed by atoms with Gasteiger partial charge in [0, 0.05) is 11.1 Å². The van der Waals surface area contributed by atoms with Gasteiger partial charge in [-0.25, -0.2) is 0 Å². The normalized spacial score (nSPS) is 12.1. The first-order chi connectivity index (χ1) is 12.7. The Morgan fingerprint density at radius 3 is 2.07 bits per heavy atom. The van der Waals surface area contributed by atoms with Crippen LogP contribution in [0.5, 0.6) is 0 Å². The minimum Gasteiger partial charge on any atom is -0.453 e. The summed E-state index contributed by atoms with van der Waals surface area (Å²) in [7, 11) is 0. The number of carbonyl (C=O) groups is 3. The second kappa shape index (κ2) is 8.62. The van der Waals surface area contributed by atoms with Gasteiger partial charge in [0.1, 0.15) is 6.54 Å². The first kappa shape index (κ1) is 20.4. The third kappa shape index (κ3) is 5.78. The summed E-state index contributed by atoms with van der Waals surface area (Å²) >= 11 is 0. The van der Waals surface area contributed by atoms with E-state index in [1.807, 2.05) is 12.1 Å². The van der Waals surface area contributed by atoms with Crippen molar-refractivity contribution in [2.45, 2.75) is 39.2 Å². The molecule has 1 amide bonds. The lowest BCUT2D eigenvalue weighted by Crippen LogP contribution is -2.34. The van der Waals surface area contributed by atoms with E-state index in [2.05, 4.69) is 26.1 Å². The highest BCUT2D eigenvalue weighted by molar-refractivity contribution is 6.00. The van der Waals surface area contributed by atoms with Crippen LogP contribution in [0.2, 0.25) is 0 Å². The predicted octanol–water partition coefficient (Wildman–Crippen LogP) is 3.53. The summed E-state index contributed by atoms with van der Waals surface area (Å²) in [6.45, 7) is 7.49. The monoisotopic (exact) mass is 367 g/mol. The molecule has 1 atom stereocenters. The van der Waals surface area contributed by atoms with Crippen LogP contribution >= 0.6 is 0 Å². The van der Waals surface area contributed by atoms with Crippen LogP contribution in [0.3, 0.4) is 0 Å². The minimum absolute atomic E-state index is 0.000239. The van der Waals surface area contributed by atoms with Gasteiger partial charge in [0.2, 0.25) is 5.78 Å². The molecular weight excluding hydrogens is 342 g/mol. The second-order valence-corrected chi connectivity index (χ2v) is 7.37. The summed E-state index contributed by atoms with van der Waals surface area (Å²) in [6, 6.07) is 15.9. The molecule has 0 radical (unpaired) electrons. The predicted molar refractivity (Wildman–Crippen MR) is 104 cm³/mol. The van der Waals surface area contributed by atoms with Crippen molar-refractivity contribution >= 4 is 17.7 Å². The number of amides is 1. The molecule has 5 nitrogen and oxygen atoms in total. The molecule has 0 unspecified atom stereocenters. The summed E-state index contributed by atoms with van der Waals surface area (Å²) in [4.78, 5) is 36.3. The van der Waals surface area contributed by atoms with Gasteiger partial charge in [0.15, 0.2) is 6.10 Å². The van der Waals surface area contributed by atoms with Gasteiger partial charge in [-0.3, -0.25) is 14.4 Å². The Morgan fingerprint density at radius 1 is 0.926 bits per heavy atom. The highest BCUT2D eigenvalue weighted by Gasteiger charge is 2.20. The number of esters is 1. The topological polar surface area (TPSA) is 72.5 Å². The van der Waals surface area contributed by atoms with Crippen molar-refractivity contribution in [3.8, 4) is 0 Å². The van der Waals surface area contributed by atoms with E-state index in [1.54, 1.807) is 42.5 Å². The molecule has 0 saturated heterocycles. The fourth-order valence-electron chi connectivity index (χ4n) is 2.51. The Balaban J connectivity index is 1.86. The molecule has 142 valence electrons. The highest BCUT2D eigenvalue weighted by Crippen LogP contribution is 2.22. The van der Waals surface area contributed by atoms with Gasteiger partial charge in [-0.15, -0.1) is 0 Å². The van der Waals surface area contributed by atoms with Crippen molar-refractivity contribution in [3.05, 3.63) is 71.3 Å².